The standard InChI is InChI=1S/C16H11NO2.H3O4P/c18-16(13-6-2-1-3-7-13)19-14-10-4-8-12-9-5-11-17-15(12)14;1-5(2,3)4/h1-11H;(H3,1,2,3,4). The molecule has 0 unspecified atom stereocenters. The van der Waals surface area contributed by atoms with Crippen LogP contribution in [0.5, 0.6) is 5.75 Å². The van der Waals surface area contributed by atoms with Crippen LogP contribution < -0.4 is 4.74 Å². The molecule has 3 aromatic rings. The topological polar surface area (TPSA) is 117 Å². The zero-order chi connectivity index (χ0) is 17.6. The van der Waals surface area contributed by atoms with Crippen LogP contribution in [0.2, 0.25) is 0 Å². The van der Waals surface area contributed by atoms with Crippen LogP contribution >= 0.6 is 7.82 Å². The Morgan fingerprint density at radius 2 is 1.54 bits per heavy atom. The number of para-hydroxylation sites is 1. The number of hydrogen-bond acceptors (Lipinski definition) is 4. The summed E-state index contributed by atoms with van der Waals surface area (Å²) in [6.45, 7) is 0. The van der Waals surface area contributed by atoms with Gasteiger partial charge in [0, 0.05) is 11.6 Å². The molecule has 0 fully saturated rings. The lowest BCUT2D eigenvalue weighted by atomic mass is 10.2. The van der Waals surface area contributed by atoms with E-state index in [-0.39, 0.29) is 5.97 Å². The van der Waals surface area contributed by atoms with Crippen molar-refractivity contribution < 1.29 is 28.8 Å². The number of carbonyl (C=O) groups is 1. The van der Waals surface area contributed by atoms with Crippen LogP contribution in [0.25, 0.3) is 10.9 Å². The molecule has 0 atom stereocenters. The molecule has 0 aliphatic heterocycles. The third-order valence-electron chi connectivity index (χ3n) is 2.81. The quantitative estimate of drug-likeness (QED) is 0.370. The molecule has 0 aliphatic carbocycles. The smallest absolute Gasteiger partial charge is 0.421 e. The number of phosphoric acid groups is 1. The van der Waals surface area contributed by atoms with Crippen LogP contribution in [0.15, 0.2) is 66.9 Å². The number of nitrogens with zero attached hydrogens (tertiary/aromatic N) is 1. The maximum Gasteiger partial charge on any atom is 0.466 e. The molecule has 1 heterocycles. The Morgan fingerprint density at radius 1 is 0.917 bits per heavy atom. The zero-order valence-electron chi connectivity index (χ0n) is 12.3. The predicted octanol–water partition coefficient (Wildman–Crippen LogP) is 2.53. The van der Waals surface area contributed by atoms with Crippen molar-refractivity contribution in [3.63, 3.8) is 0 Å². The number of fused-ring (bicyclic) bond motifs is 1. The molecular formula is C16H14NO6P. The third-order valence-corrected chi connectivity index (χ3v) is 2.81. The summed E-state index contributed by atoms with van der Waals surface area (Å²) < 4.78 is 14.3. The maximum atomic E-state index is 12.0. The van der Waals surface area contributed by atoms with Crippen molar-refractivity contribution in [2.45, 2.75) is 0 Å². The molecule has 0 radical (unpaired) electrons. The van der Waals surface area contributed by atoms with E-state index < -0.39 is 7.82 Å². The molecule has 0 bridgehead atoms. The number of benzene rings is 2. The second-order valence-corrected chi connectivity index (χ2v) is 5.63. The Hall–Kier alpha value is -2.57. The highest BCUT2D eigenvalue weighted by Crippen LogP contribution is 2.26. The minimum atomic E-state index is -4.64. The van der Waals surface area contributed by atoms with Gasteiger partial charge in [-0.3, -0.25) is 4.98 Å². The molecule has 124 valence electrons. The second-order valence-electron chi connectivity index (χ2n) is 4.60. The van der Waals surface area contributed by atoms with Crippen molar-refractivity contribution in [1.82, 2.24) is 4.98 Å². The lowest BCUT2D eigenvalue weighted by Gasteiger charge is -2.06. The first-order valence-corrected chi connectivity index (χ1v) is 8.30. The molecular weight excluding hydrogens is 333 g/mol. The van der Waals surface area contributed by atoms with Gasteiger partial charge in [-0.05, 0) is 24.3 Å². The summed E-state index contributed by atoms with van der Waals surface area (Å²) in [5, 5.41) is 0.945. The number of pyridine rings is 1. The van der Waals surface area contributed by atoms with E-state index >= 15 is 0 Å². The Kier molecular flexibility index (Phi) is 5.78. The molecule has 3 rings (SSSR count). The average Bonchev–Trinajstić information content (AvgIpc) is 2.54. The van der Waals surface area contributed by atoms with Crippen molar-refractivity contribution in [3.05, 3.63) is 72.4 Å². The average molecular weight is 347 g/mol. The summed E-state index contributed by atoms with van der Waals surface area (Å²) >= 11 is 0. The monoisotopic (exact) mass is 347 g/mol. The predicted molar refractivity (Wildman–Crippen MR) is 87.4 cm³/mol. The SMILES string of the molecule is O=C(Oc1cccc2cccnc12)c1ccccc1.O=P(O)(O)O. The van der Waals surface area contributed by atoms with Gasteiger partial charge in [0.15, 0.2) is 5.75 Å². The highest BCUT2D eigenvalue weighted by molar-refractivity contribution is 7.45. The Balaban J connectivity index is 0.000000368. The summed E-state index contributed by atoms with van der Waals surface area (Å²) in [4.78, 5) is 37.8. The lowest BCUT2D eigenvalue weighted by Crippen LogP contribution is -2.08. The summed E-state index contributed by atoms with van der Waals surface area (Å²) in [6, 6.07) is 18.2. The molecule has 0 saturated carbocycles. The van der Waals surface area contributed by atoms with E-state index in [0.717, 1.165) is 5.39 Å². The van der Waals surface area contributed by atoms with Gasteiger partial charge in [-0.1, -0.05) is 36.4 Å². The molecule has 0 aliphatic rings. The van der Waals surface area contributed by atoms with Gasteiger partial charge in [-0.2, -0.15) is 0 Å². The Bertz CT molecular complexity index is 864. The second kappa shape index (κ2) is 7.81. The third kappa shape index (κ3) is 5.57. The van der Waals surface area contributed by atoms with E-state index in [0.29, 0.717) is 16.8 Å². The first kappa shape index (κ1) is 17.8. The van der Waals surface area contributed by atoms with Gasteiger partial charge in [-0.15, -0.1) is 0 Å². The molecule has 7 nitrogen and oxygen atoms in total. The molecule has 1 aromatic heterocycles. The van der Waals surface area contributed by atoms with Crippen LogP contribution in [-0.4, -0.2) is 25.6 Å². The van der Waals surface area contributed by atoms with Gasteiger partial charge < -0.3 is 19.4 Å². The Morgan fingerprint density at radius 3 is 2.21 bits per heavy atom. The number of rotatable bonds is 2. The van der Waals surface area contributed by atoms with Gasteiger partial charge in [0.2, 0.25) is 0 Å². The summed E-state index contributed by atoms with van der Waals surface area (Å²) in [6.07, 6.45) is 1.68. The van der Waals surface area contributed by atoms with Crippen molar-refractivity contribution in [3.8, 4) is 5.75 Å². The van der Waals surface area contributed by atoms with Crippen LogP contribution in [0.1, 0.15) is 10.4 Å². The molecule has 2 aromatic carbocycles. The molecule has 0 amide bonds. The minimum absolute atomic E-state index is 0.376. The summed E-state index contributed by atoms with van der Waals surface area (Å²) in [5.74, 6) is 0.103. The fourth-order valence-electron chi connectivity index (χ4n) is 1.89. The highest BCUT2D eigenvalue weighted by atomic mass is 31.2. The van der Waals surface area contributed by atoms with E-state index in [1.54, 1.807) is 36.5 Å². The number of hydrogen-bond donors (Lipinski definition) is 3. The van der Waals surface area contributed by atoms with E-state index in [9.17, 15) is 4.79 Å². The fourth-order valence-corrected chi connectivity index (χ4v) is 1.89. The van der Waals surface area contributed by atoms with Crippen LogP contribution in [0.4, 0.5) is 0 Å². The highest BCUT2D eigenvalue weighted by Gasteiger charge is 2.10. The number of carbonyl (C=O) groups excluding carboxylic acids is 1. The van der Waals surface area contributed by atoms with Gasteiger partial charge in [0.25, 0.3) is 0 Å². The van der Waals surface area contributed by atoms with E-state index in [4.69, 9.17) is 24.0 Å². The maximum absolute atomic E-state index is 12.0. The molecule has 24 heavy (non-hydrogen) atoms. The first-order valence-electron chi connectivity index (χ1n) is 6.74. The minimum Gasteiger partial charge on any atom is -0.421 e. The number of ether oxygens (including phenoxy) is 1. The van der Waals surface area contributed by atoms with Crippen molar-refractivity contribution in [1.29, 1.82) is 0 Å². The van der Waals surface area contributed by atoms with Gasteiger partial charge in [-0.25, -0.2) is 9.36 Å². The normalized spacial score (nSPS) is 10.6. The van der Waals surface area contributed by atoms with Crippen molar-refractivity contribution in [2.24, 2.45) is 0 Å². The Labute approximate surface area is 137 Å². The molecule has 3 N–H and O–H groups in total. The largest absolute Gasteiger partial charge is 0.466 e. The molecule has 0 spiro atoms. The van der Waals surface area contributed by atoms with Crippen LogP contribution in [0.3, 0.4) is 0 Å². The van der Waals surface area contributed by atoms with Gasteiger partial charge in [0.05, 0.1) is 5.56 Å². The van der Waals surface area contributed by atoms with Gasteiger partial charge >= 0.3 is 13.8 Å². The van der Waals surface area contributed by atoms with Crippen LogP contribution in [0, 0.1) is 0 Å². The molecule has 8 heteroatoms. The fraction of sp³-hybridized carbons (Fsp3) is 0. The number of esters is 1. The first-order chi connectivity index (χ1) is 11.3. The summed E-state index contributed by atoms with van der Waals surface area (Å²) in [5.41, 5.74) is 1.21. The lowest BCUT2D eigenvalue weighted by molar-refractivity contribution is 0.0736. The van der Waals surface area contributed by atoms with Crippen molar-refractivity contribution in [2.75, 3.05) is 0 Å². The van der Waals surface area contributed by atoms with Crippen molar-refractivity contribution >= 4 is 24.7 Å². The number of aromatic nitrogens is 1. The van der Waals surface area contributed by atoms with Gasteiger partial charge in [0.1, 0.15) is 5.52 Å². The molecule has 0 saturated heterocycles. The van der Waals surface area contributed by atoms with E-state index in [1.165, 1.54) is 0 Å². The zero-order valence-corrected chi connectivity index (χ0v) is 13.2. The van der Waals surface area contributed by atoms with E-state index in [2.05, 4.69) is 4.98 Å². The van der Waals surface area contributed by atoms with Crippen LogP contribution in [-0.2, 0) is 4.57 Å². The van der Waals surface area contributed by atoms with E-state index in [1.807, 2.05) is 30.3 Å². The summed E-state index contributed by atoms with van der Waals surface area (Å²) in [7, 11) is -4.64.